The molecule has 0 aliphatic heterocycles. The summed E-state index contributed by atoms with van der Waals surface area (Å²) in [6.07, 6.45) is 6.59. The summed E-state index contributed by atoms with van der Waals surface area (Å²) < 4.78 is 1.93. The summed E-state index contributed by atoms with van der Waals surface area (Å²) in [6, 6.07) is 0.118. The van der Waals surface area contributed by atoms with Gasteiger partial charge in [0.1, 0.15) is 0 Å². The van der Waals surface area contributed by atoms with Gasteiger partial charge in [0.2, 0.25) is 5.91 Å². The predicted octanol–water partition coefficient (Wildman–Crippen LogP) is 1.92. The molecule has 0 fully saturated rings. The van der Waals surface area contributed by atoms with Gasteiger partial charge in [-0.3, -0.25) is 9.48 Å². The number of hydrogen-bond acceptors (Lipinski definition) is 3. The second kappa shape index (κ2) is 7.07. The molecule has 1 heterocycles. The van der Waals surface area contributed by atoms with E-state index >= 15 is 0 Å². The lowest BCUT2D eigenvalue weighted by molar-refractivity contribution is -0.122. The van der Waals surface area contributed by atoms with Gasteiger partial charge in [-0.15, -0.1) is 0 Å². The average Bonchev–Trinajstić information content (AvgIpc) is 2.80. The first kappa shape index (κ1) is 16.0. The Morgan fingerprint density at radius 3 is 3.00 bits per heavy atom. The van der Waals surface area contributed by atoms with Crippen molar-refractivity contribution in [2.45, 2.75) is 52.0 Å². The van der Waals surface area contributed by atoms with Crippen molar-refractivity contribution in [3.63, 3.8) is 0 Å². The SMILES string of the molecule is CC(C)C[C@H](CN)CC(=O)NC1CCCc2c1cnn2C. The lowest BCUT2D eigenvalue weighted by Gasteiger charge is -2.25. The van der Waals surface area contributed by atoms with Crippen molar-refractivity contribution in [2.75, 3.05) is 6.54 Å². The van der Waals surface area contributed by atoms with Gasteiger partial charge >= 0.3 is 0 Å². The molecule has 0 spiro atoms. The van der Waals surface area contributed by atoms with Crippen LogP contribution in [0.2, 0.25) is 0 Å². The van der Waals surface area contributed by atoms with Gasteiger partial charge in [-0.1, -0.05) is 13.8 Å². The monoisotopic (exact) mass is 292 g/mol. The molecule has 0 aromatic carbocycles. The Kier molecular flexibility index (Phi) is 5.39. The third-order valence-corrected chi connectivity index (χ3v) is 4.32. The van der Waals surface area contributed by atoms with E-state index in [9.17, 15) is 4.79 Å². The van der Waals surface area contributed by atoms with E-state index in [1.54, 1.807) is 0 Å². The number of rotatable bonds is 6. The summed E-state index contributed by atoms with van der Waals surface area (Å²) in [5.41, 5.74) is 8.23. The summed E-state index contributed by atoms with van der Waals surface area (Å²) in [5.74, 6) is 0.973. The number of hydrogen-bond donors (Lipinski definition) is 2. The average molecular weight is 292 g/mol. The van der Waals surface area contributed by atoms with Gasteiger partial charge in [-0.05, 0) is 44.1 Å². The summed E-state index contributed by atoms with van der Waals surface area (Å²) in [5, 5.41) is 7.50. The summed E-state index contributed by atoms with van der Waals surface area (Å²) in [4.78, 5) is 12.3. The highest BCUT2D eigenvalue weighted by molar-refractivity contribution is 5.76. The van der Waals surface area contributed by atoms with E-state index < -0.39 is 0 Å². The van der Waals surface area contributed by atoms with Crippen LogP contribution in [0.3, 0.4) is 0 Å². The van der Waals surface area contributed by atoms with Crippen LogP contribution in [-0.4, -0.2) is 22.2 Å². The smallest absolute Gasteiger partial charge is 0.220 e. The maximum Gasteiger partial charge on any atom is 0.220 e. The quantitative estimate of drug-likeness (QED) is 0.841. The highest BCUT2D eigenvalue weighted by Gasteiger charge is 2.25. The van der Waals surface area contributed by atoms with Crippen molar-refractivity contribution in [1.29, 1.82) is 0 Å². The predicted molar refractivity (Wildman–Crippen MR) is 83.6 cm³/mol. The molecule has 1 amide bonds. The number of fused-ring (bicyclic) bond motifs is 1. The van der Waals surface area contributed by atoms with Gasteiger partial charge in [0.05, 0.1) is 12.2 Å². The number of nitrogens with one attached hydrogen (secondary N) is 1. The van der Waals surface area contributed by atoms with Crippen molar-refractivity contribution < 1.29 is 4.79 Å². The molecule has 1 aliphatic carbocycles. The van der Waals surface area contributed by atoms with Crippen molar-refractivity contribution in [3.8, 4) is 0 Å². The van der Waals surface area contributed by atoms with E-state index in [0.717, 1.165) is 25.7 Å². The molecule has 5 heteroatoms. The van der Waals surface area contributed by atoms with Crippen LogP contribution in [0, 0.1) is 11.8 Å². The molecule has 3 N–H and O–H groups in total. The zero-order valence-corrected chi connectivity index (χ0v) is 13.4. The minimum Gasteiger partial charge on any atom is -0.349 e. The summed E-state index contributed by atoms with van der Waals surface area (Å²) >= 11 is 0. The van der Waals surface area contributed by atoms with Crippen LogP contribution in [-0.2, 0) is 18.3 Å². The van der Waals surface area contributed by atoms with Gasteiger partial charge < -0.3 is 11.1 Å². The first-order chi connectivity index (χ1) is 10.0. The molecule has 1 aromatic rings. The molecular formula is C16H28N4O. The van der Waals surface area contributed by atoms with Crippen LogP contribution in [0.5, 0.6) is 0 Å². The fourth-order valence-corrected chi connectivity index (χ4v) is 3.30. The zero-order valence-electron chi connectivity index (χ0n) is 13.4. The minimum absolute atomic E-state index is 0.118. The van der Waals surface area contributed by atoms with Gasteiger partial charge in [-0.2, -0.15) is 5.10 Å². The van der Waals surface area contributed by atoms with E-state index in [1.807, 2.05) is 17.9 Å². The second-order valence-electron chi connectivity index (χ2n) is 6.62. The number of aromatic nitrogens is 2. The van der Waals surface area contributed by atoms with Gasteiger partial charge in [0, 0.05) is 24.7 Å². The molecule has 0 saturated heterocycles. The Morgan fingerprint density at radius 1 is 1.57 bits per heavy atom. The first-order valence-electron chi connectivity index (χ1n) is 8.01. The molecule has 0 bridgehead atoms. The van der Waals surface area contributed by atoms with Gasteiger partial charge in [0.15, 0.2) is 0 Å². The fraction of sp³-hybridized carbons (Fsp3) is 0.750. The molecule has 2 rings (SSSR count). The summed E-state index contributed by atoms with van der Waals surface area (Å²) in [6.45, 7) is 4.92. The lowest BCUT2D eigenvalue weighted by Crippen LogP contribution is -2.33. The molecular weight excluding hydrogens is 264 g/mol. The number of amides is 1. The molecule has 0 radical (unpaired) electrons. The van der Waals surface area contributed by atoms with Crippen molar-refractivity contribution in [1.82, 2.24) is 15.1 Å². The molecule has 0 saturated carbocycles. The van der Waals surface area contributed by atoms with E-state index in [4.69, 9.17) is 5.73 Å². The van der Waals surface area contributed by atoms with E-state index in [0.29, 0.717) is 18.9 Å². The van der Waals surface area contributed by atoms with Crippen LogP contribution in [0.4, 0.5) is 0 Å². The Bertz CT molecular complexity index is 481. The Balaban J connectivity index is 1.94. The Labute approximate surface area is 127 Å². The molecule has 21 heavy (non-hydrogen) atoms. The maximum atomic E-state index is 12.3. The molecule has 1 aromatic heterocycles. The van der Waals surface area contributed by atoms with Crippen LogP contribution in [0.1, 0.15) is 56.8 Å². The normalized spacial score (nSPS) is 19.4. The number of carbonyl (C=O) groups is 1. The van der Waals surface area contributed by atoms with Crippen LogP contribution >= 0.6 is 0 Å². The number of aryl methyl sites for hydroxylation is 1. The minimum atomic E-state index is 0.118. The largest absolute Gasteiger partial charge is 0.349 e. The second-order valence-corrected chi connectivity index (χ2v) is 6.62. The van der Waals surface area contributed by atoms with Gasteiger partial charge in [-0.25, -0.2) is 0 Å². The standard InChI is InChI=1S/C16H28N4O/c1-11(2)7-12(9-17)8-16(21)19-14-5-4-6-15-13(14)10-18-20(15)3/h10-12,14H,4-9,17H2,1-3H3,(H,19,21)/t12-,14?/m0/s1. The maximum absolute atomic E-state index is 12.3. The highest BCUT2D eigenvalue weighted by atomic mass is 16.1. The van der Waals surface area contributed by atoms with Crippen molar-refractivity contribution in [2.24, 2.45) is 24.6 Å². The molecule has 5 nitrogen and oxygen atoms in total. The van der Waals surface area contributed by atoms with E-state index in [-0.39, 0.29) is 17.9 Å². The lowest BCUT2D eigenvalue weighted by atomic mass is 9.91. The molecule has 118 valence electrons. The van der Waals surface area contributed by atoms with E-state index in [2.05, 4.69) is 24.3 Å². The highest BCUT2D eigenvalue weighted by Crippen LogP contribution is 2.29. The number of nitrogens with two attached hydrogens (primary N) is 1. The number of carbonyl (C=O) groups excluding carboxylic acids is 1. The third-order valence-electron chi connectivity index (χ3n) is 4.32. The van der Waals surface area contributed by atoms with Gasteiger partial charge in [0.25, 0.3) is 0 Å². The third kappa shape index (κ3) is 4.06. The first-order valence-corrected chi connectivity index (χ1v) is 8.01. The zero-order chi connectivity index (χ0) is 15.4. The topological polar surface area (TPSA) is 72.9 Å². The van der Waals surface area contributed by atoms with Crippen LogP contribution < -0.4 is 11.1 Å². The number of nitrogens with zero attached hydrogens (tertiary/aromatic N) is 2. The fourth-order valence-electron chi connectivity index (χ4n) is 3.30. The Hall–Kier alpha value is -1.36. The van der Waals surface area contributed by atoms with Crippen molar-refractivity contribution >= 4 is 5.91 Å². The van der Waals surface area contributed by atoms with Crippen molar-refractivity contribution in [3.05, 3.63) is 17.5 Å². The van der Waals surface area contributed by atoms with E-state index in [1.165, 1.54) is 11.3 Å². The van der Waals surface area contributed by atoms with Crippen LogP contribution in [0.25, 0.3) is 0 Å². The molecule has 1 unspecified atom stereocenters. The van der Waals surface area contributed by atoms with Crippen LogP contribution in [0.15, 0.2) is 6.20 Å². The summed E-state index contributed by atoms with van der Waals surface area (Å²) in [7, 11) is 1.97. The molecule has 2 atom stereocenters. The molecule has 1 aliphatic rings. The Morgan fingerprint density at radius 2 is 2.33 bits per heavy atom.